The molecule has 0 saturated carbocycles. The van der Waals surface area contributed by atoms with Gasteiger partial charge in [-0.05, 0) is 216 Å². The number of carbonyl (C=O) groups is 6. The van der Waals surface area contributed by atoms with Gasteiger partial charge in [0.1, 0.15) is 5.60 Å². The van der Waals surface area contributed by atoms with Crippen LogP contribution in [0.4, 0.5) is 22.6 Å². The van der Waals surface area contributed by atoms with E-state index in [1.165, 1.54) is 6.08 Å². The Labute approximate surface area is 604 Å². The number of hydrogen-bond acceptors (Lipinski definition) is 15. The first kappa shape index (κ1) is 77.2. The second kappa shape index (κ2) is 35.2. The molecule has 3 aliphatic heterocycles. The first-order valence-electron chi connectivity index (χ1n) is 33.4. The zero-order valence-corrected chi connectivity index (χ0v) is 60.2. The summed E-state index contributed by atoms with van der Waals surface area (Å²) < 4.78 is 15.6. The third kappa shape index (κ3) is 19.9. The first-order chi connectivity index (χ1) is 47.8. The monoisotopic (exact) mass is 1430 g/mol. The number of imidazole rings is 3. The van der Waals surface area contributed by atoms with Gasteiger partial charge in [-0.2, -0.15) is 0 Å². The molecule has 0 spiro atoms. The number of pyridine rings is 3. The number of nitrogens with zero attached hydrogens (tertiary/aromatic N) is 11. The van der Waals surface area contributed by atoms with E-state index in [4.69, 9.17) is 59.3 Å². The number of benzene rings is 3. The van der Waals surface area contributed by atoms with Crippen LogP contribution in [-0.4, -0.2) is 134 Å². The number of amides is 5. The van der Waals surface area contributed by atoms with E-state index in [-0.39, 0.29) is 55.3 Å². The normalized spacial score (nSPS) is 16.2. The van der Waals surface area contributed by atoms with Gasteiger partial charge in [0.15, 0.2) is 0 Å². The highest BCUT2D eigenvalue weighted by molar-refractivity contribution is 6.36. The topological polar surface area (TPSA) is 268 Å². The molecule has 12 rings (SSSR count). The van der Waals surface area contributed by atoms with Crippen LogP contribution in [0.25, 0.3) is 33.1 Å². The van der Waals surface area contributed by atoms with E-state index < -0.39 is 5.60 Å². The zero-order valence-electron chi connectivity index (χ0n) is 58.0. The summed E-state index contributed by atoms with van der Waals surface area (Å²) in [5.74, 6) is 0.520. The molecule has 9 heterocycles. The van der Waals surface area contributed by atoms with Crippen molar-refractivity contribution >= 4 is 122 Å². The van der Waals surface area contributed by atoms with Crippen molar-refractivity contribution in [2.24, 2.45) is 0 Å². The molecule has 6 aromatic heterocycles. The van der Waals surface area contributed by atoms with Crippen molar-refractivity contribution in [1.29, 1.82) is 0 Å². The lowest BCUT2D eigenvalue weighted by Gasteiger charge is -2.29. The van der Waals surface area contributed by atoms with Crippen molar-refractivity contribution in [1.82, 2.24) is 58.7 Å². The number of carbonyl (C=O) groups excluding carboxylic acids is 6. The lowest BCUT2D eigenvalue weighted by Crippen LogP contribution is -2.39. The van der Waals surface area contributed by atoms with Gasteiger partial charge >= 0.3 is 6.09 Å². The molecular formula is C75H90Cl3N15O8. The second-order valence-corrected chi connectivity index (χ2v) is 27.4. The van der Waals surface area contributed by atoms with E-state index in [1.807, 2.05) is 108 Å². The van der Waals surface area contributed by atoms with E-state index in [0.717, 1.165) is 133 Å². The summed E-state index contributed by atoms with van der Waals surface area (Å²) in [6.07, 6.45) is 15.5. The Bertz CT molecular complexity index is 4490. The maximum atomic E-state index is 13.1. The first-order valence-corrected chi connectivity index (χ1v) is 34.5. The van der Waals surface area contributed by atoms with Crippen molar-refractivity contribution in [3.05, 3.63) is 182 Å². The highest BCUT2D eigenvalue weighted by Gasteiger charge is 2.32. The molecule has 3 aromatic carbocycles. The smallest absolute Gasteiger partial charge is 0.410 e. The Morgan fingerprint density at radius 1 is 0.545 bits per heavy atom. The average molecular weight is 1440 g/mol. The molecule has 0 bridgehead atoms. The predicted molar refractivity (Wildman–Crippen MR) is 399 cm³/mol. The fourth-order valence-electron chi connectivity index (χ4n) is 12.6. The number of ether oxygens (including phenoxy) is 2. The van der Waals surface area contributed by atoms with Crippen LogP contribution in [0, 0.1) is 41.5 Å². The maximum Gasteiger partial charge on any atom is 0.410 e. The molecule has 23 nitrogen and oxygen atoms in total. The van der Waals surface area contributed by atoms with E-state index in [9.17, 15) is 24.0 Å². The Kier molecular flexibility index (Phi) is 26.9. The molecule has 5 amide bonds. The lowest BCUT2D eigenvalue weighted by atomic mass is 10.1. The SMILES string of the molecule is C.C=CC(=O)N1CCCC[C@@H](n2c(NC(=O)c3ccnc(C)c3)nc3cc(C)cc(Cl)c32)C1.C=COC=O.Cc1cc(Cl)c2c(c1)nc(NC(=O)c1ccnc(C)c1)n2[C@@H]1CCCCN(C(=O)OC(C)(C)C)C1.Cc1cc(Cl)c2c(c1)nc(NC(=O)c1ccnc(C)c1)n2[C@@H]1CCCCNC1. The molecule has 3 aliphatic rings. The van der Waals surface area contributed by atoms with Crippen molar-refractivity contribution in [3.8, 4) is 0 Å². The molecule has 0 unspecified atom stereocenters. The summed E-state index contributed by atoms with van der Waals surface area (Å²) in [5.41, 5.74) is 10.9. The molecular weight excluding hydrogens is 1350 g/mol. The number of anilines is 3. The van der Waals surface area contributed by atoms with E-state index >= 15 is 0 Å². The summed E-state index contributed by atoms with van der Waals surface area (Å²) >= 11 is 20.0. The van der Waals surface area contributed by atoms with Gasteiger partial charge in [-0.15, -0.1) is 0 Å². The Hall–Kier alpha value is -9.55. The van der Waals surface area contributed by atoms with E-state index in [0.29, 0.717) is 93.3 Å². The molecule has 0 radical (unpaired) electrons. The number of nitrogens with one attached hydrogen (secondary N) is 4. The quantitative estimate of drug-likeness (QED) is 0.0503. The number of hydrogen-bond donors (Lipinski definition) is 4. The second-order valence-electron chi connectivity index (χ2n) is 26.1. The summed E-state index contributed by atoms with van der Waals surface area (Å²) in [7, 11) is 0. The van der Waals surface area contributed by atoms with Crippen molar-refractivity contribution < 1.29 is 38.2 Å². The maximum absolute atomic E-state index is 13.1. The highest BCUT2D eigenvalue weighted by atomic mass is 35.5. The van der Waals surface area contributed by atoms with Gasteiger partial charge in [-0.1, -0.05) is 61.8 Å². The van der Waals surface area contributed by atoms with Crippen LogP contribution in [0.5, 0.6) is 0 Å². The molecule has 9 aromatic rings. The van der Waals surface area contributed by atoms with Crippen LogP contribution in [0.15, 0.2) is 117 Å². The average Bonchev–Trinajstić information content (AvgIpc) is 1.63. The van der Waals surface area contributed by atoms with Gasteiger partial charge in [-0.3, -0.25) is 54.9 Å². The molecule has 4 N–H and O–H groups in total. The molecule has 534 valence electrons. The van der Waals surface area contributed by atoms with E-state index in [2.05, 4.69) is 58.7 Å². The van der Waals surface area contributed by atoms with Gasteiger partial charge in [0.25, 0.3) is 24.2 Å². The van der Waals surface area contributed by atoms with Gasteiger partial charge in [0.05, 0.1) is 66.5 Å². The number of likely N-dealkylation sites (tertiary alicyclic amines) is 2. The van der Waals surface area contributed by atoms with Crippen LogP contribution >= 0.6 is 34.8 Å². The molecule has 26 heteroatoms. The summed E-state index contributed by atoms with van der Waals surface area (Å²) in [6.45, 7) is 28.1. The Balaban J connectivity index is 0.000000186. The van der Waals surface area contributed by atoms with Gasteiger partial charge in [0, 0.05) is 91.1 Å². The number of aromatic nitrogens is 9. The lowest BCUT2D eigenvalue weighted by molar-refractivity contribution is -0.126. The van der Waals surface area contributed by atoms with Crippen LogP contribution in [0.2, 0.25) is 15.1 Å². The minimum atomic E-state index is -0.580. The van der Waals surface area contributed by atoms with Crippen LogP contribution in [-0.2, 0) is 19.1 Å². The molecule has 101 heavy (non-hydrogen) atoms. The van der Waals surface area contributed by atoms with Crippen LogP contribution in [0.1, 0.15) is 169 Å². The van der Waals surface area contributed by atoms with Gasteiger partial charge in [-0.25, -0.2) is 19.7 Å². The molecule has 0 aliphatic carbocycles. The summed E-state index contributed by atoms with van der Waals surface area (Å²) in [5, 5.41) is 14.2. The highest BCUT2D eigenvalue weighted by Crippen LogP contribution is 2.38. The van der Waals surface area contributed by atoms with Gasteiger partial charge in [0.2, 0.25) is 23.8 Å². The van der Waals surface area contributed by atoms with Crippen molar-refractivity contribution in [2.75, 3.05) is 55.2 Å². The molecule has 3 atom stereocenters. The molecule has 3 saturated heterocycles. The number of rotatable bonds is 12. The summed E-state index contributed by atoms with van der Waals surface area (Å²) in [6, 6.07) is 21.9. The van der Waals surface area contributed by atoms with Gasteiger partial charge < -0.3 is 38.3 Å². The van der Waals surface area contributed by atoms with Crippen LogP contribution in [0.3, 0.4) is 0 Å². The Morgan fingerprint density at radius 2 is 0.921 bits per heavy atom. The standard InChI is InChI=1S/C26H32ClN5O3.C24H26ClN5O2.C21H24ClN5O.C3H4O2.CH4/c1-16-12-20(27)22-21(13-16)29-24(30-23(33)18-9-10-28-17(2)14-18)32(22)19-8-6-7-11-31(15-19)25(34)35-26(3,4)5;1-4-21(31)29-10-6-5-7-18(14-29)30-22-19(25)11-15(2)12-20(22)27-24(30)28-23(32)17-8-9-26-16(3)13-17;1-13-9-17(22)19-18(10-13)25-21(27(19)16-5-3-4-7-23-12-16)26-20(28)15-6-8-24-14(2)11-15;1-2-5-3-4;/h9-10,12-14,19H,6-8,11,15H2,1-5H3,(H,29,30,33);4,8-9,11-13,18H,1,5-7,10,14H2,2-3H3,(H,27,28,32);6,8-11,16,23H,3-5,7,12H2,1-2H3,(H,25,26,28);2-3H,1H2;1H4/t19-;18-;16-;;/m111../s1. The minimum absolute atomic E-state index is 0. The van der Waals surface area contributed by atoms with Crippen molar-refractivity contribution in [2.45, 2.75) is 151 Å². The third-order valence-electron chi connectivity index (χ3n) is 17.0. The minimum Gasteiger partial charge on any atom is -0.444 e. The van der Waals surface area contributed by atoms with Crippen LogP contribution < -0.4 is 21.3 Å². The Morgan fingerprint density at radius 3 is 1.29 bits per heavy atom. The summed E-state index contributed by atoms with van der Waals surface area (Å²) in [4.78, 5) is 104. The molecule has 3 fully saturated rings. The van der Waals surface area contributed by atoms with Crippen molar-refractivity contribution in [3.63, 3.8) is 0 Å². The third-order valence-corrected chi connectivity index (χ3v) is 17.9. The fourth-order valence-corrected chi connectivity index (χ4v) is 13.7. The number of halogens is 3. The number of aryl methyl sites for hydroxylation is 6. The number of fused-ring (bicyclic) bond motifs is 3. The largest absolute Gasteiger partial charge is 0.444 e. The zero-order chi connectivity index (χ0) is 71.9. The fraction of sp³-hybridized carbons (Fsp3) is 0.387. The van der Waals surface area contributed by atoms with E-state index in [1.54, 1.807) is 64.8 Å². The predicted octanol–water partition coefficient (Wildman–Crippen LogP) is 15.8.